The van der Waals surface area contributed by atoms with Crippen LogP contribution in [0.15, 0.2) is 30.8 Å². The van der Waals surface area contributed by atoms with Crippen molar-refractivity contribution in [1.29, 1.82) is 0 Å². The van der Waals surface area contributed by atoms with Gasteiger partial charge in [-0.1, -0.05) is 36.9 Å². The van der Waals surface area contributed by atoms with Gasteiger partial charge in [0.15, 0.2) is 6.29 Å². The van der Waals surface area contributed by atoms with Crippen molar-refractivity contribution in [3.8, 4) is 0 Å². The van der Waals surface area contributed by atoms with Gasteiger partial charge in [0.2, 0.25) is 0 Å². The third-order valence-electron chi connectivity index (χ3n) is 3.94. The summed E-state index contributed by atoms with van der Waals surface area (Å²) in [4.78, 5) is 0. The Morgan fingerprint density at radius 1 is 1.04 bits per heavy atom. The Balaban J connectivity index is 1.67. The average Bonchev–Trinajstić information content (AvgIpc) is 2.57. The standard InChI is InChI=1S/C17H24O6/c1-2-11-5-7-12(8-6-11)4-3-9-22-10-13-14(18)15(19)16(20)17(21)23-13/h2,5-8,13-21H,1,3-4,9-10H2/t13-,14-,15+,16-,17-/m1/s1. The first-order valence-corrected chi connectivity index (χ1v) is 7.69. The van der Waals surface area contributed by atoms with Crippen LogP contribution in [0.3, 0.4) is 0 Å². The molecule has 0 aromatic heterocycles. The van der Waals surface area contributed by atoms with E-state index in [0.717, 1.165) is 18.4 Å². The molecule has 1 saturated heterocycles. The van der Waals surface area contributed by atoms with E-state index in [0.29, 0.717) is 6.61 Å². The number of aryl methyl sites for hydroxylation is 1. The molecule has 1 aliphatic heterocycles. The Morgan fingerprint density at radius 3 is 2.39 bits per heavy atom. The SMILES string of the molecule is C=Cc1ccc(CCCOC[C@H]2O[C@@H](O)[C@H](O)[C@@H](O)[C@@H]2O)cc1. The van der Waals surface area contributed by atoms with E-state index in [2.05, 4.69) is 6.58 Å². The third kappa shape index (κ3) is 4.84. The van der Waals surface area contributed by atoms with Crippen molar-refractivity contribution in [3.63, 3.8) is 0 Å². The lowest BCUT2D eigenvalue weighted by molar-refractivity contribution is -0.288. The van der Waals surface area contributed by atoms with Gasteiger partial charge in [0, 0.05) is 6.61 Å². The molecular formula is C17H24O6. The van der Waals surface area contributed by atoms with Gasteiger partial charge in [-0.3, -0.25) is 0 Å². The average molecular weight is 324 g/mol. The van der Waals surface area contributed by atoms with Crippen LogP contribution in [0.1, 0.15) is 17.5 Å². The number of hydrogen-bond acceptors (Lipinski definition) is 6. The van der Waals surface area contributed by atoms with Gasteiger partial charge < -0.3 is 29.9 Å². The molecule has 4 N–H and O–H groups in total. The van der Waals surface area contributed by atoms with Gasteiger partial charge in [0.25, 0.3) is 0 Å². The molecule has 2 rings (SSSR count). The van der Waals surface area contributed by atoms with E-state index in [1.165, 1.54) is 5.56 Å². The van der Waals surface area contributed by atoms with E-state index in [4.69, 9.17) is 9.47 Å². The number of benzene rings is 1. The highest BCUT2D eigenvalue weighted by molar-refractivity contribution is 5.47. The molecule has 6 nitrogen and oxygen atoms in total. The molecule has 0 spiro atoms. The van der Waals surface area contributed by atoms with Crippen LogP contribution >= 0.6 is 0 Å². The number of ether oxygens (including phenoxy) is 2. The minimum atomic E-state index is -1.52. The van der Waals surface area contributed by atoms with Gasteiger partial charge in [0.05, 0.1) is 6.61 Å². The summed E-state index contributed by atoms with van der Waals surface area (Å²) in [5, 5.41) is 38.2. The molecule has 5 atom stereocenters. The second-order valence-electron chi connectivity index (χ2n) is 5.66. The molecule has 0 saturated carbocycles. The molecule has 1 aromatic carbocycles. The molecule has 1 aromatic rings. The molecule has 0 aliphatic carbocycles. The molecule has 23 heavy (non-hydrogen) atoms. The molecule has 1 heterocycles. The molecule has 0 bridgehead atoms. The Hall–Kier alpha value is -1.28. The predicted molar refractivity (Wildman–Crippen MR) is 84.6 cm³/mol. The van der Waals surface area contributed by atoms with Crippen LogP contribution in [0, 0.1) is 0 Å². The number of hydrogen-bond donors (Lipinski definition) is 4. The van der Waals surface area contributed by atoms with Gasteiger partial charge in [0.1, 0.15) is 24.4 Å². The van der Waals surface area contributed by atoms with E-state index in [1.54, 1.807) is 6.08 Å². The molecule has 0 radical (unpaired) electrons. The van der Waals surface area contributed by atoms with Crippen molar-refractivity contribution in [2.24, 2.45) is 0 Å². The minimum Gasteiger partial charge on any atom is -0.387 e. The van der Waals surface area contributed by atoms with Gasteiger partial charge in [-0.25, -0.2) is 0 Å². The second kappa shape index (κ2) is 8.54. The number of aliphatic hydroxyl groups is 4. The molecular weight excluding hydrogens is 300 g/mol. The van der Waals surface area contributed by atoms with Crippen LogP contribution in [0.4, 0.5) is 0 Å². The van der Waals surface area contributed by atoms with Gasteiger partial charge >= 0.3 is 0 Å². The van der Waals surface area contributed by atoms with E-state index in [-0.39, 0.29) is 6.61 Å². The van der Waals surface area contributed by atoms with Crippen LogP contribution in [-0.2, 0) is 15.9 Å². The number of rotatable bonds is 7. The first-order chi connectivity index (χ1) is 11.0. The predicted octanol–water partition coefficient (Wildman–Crippen LogP) is 0.0787. The summed E-state index contributed by atoms with van der Waals surface area (Å²) in [5.74, 6) is 0. The highest BCUT2D eigenvalue weighted by Crippen LogP contribution is 2.20. The largest absolute Gasteiger partial charge is 0.387 e. The molecule has 6 heteroatoms. The zero-order valence-corrected chi connectivity index (χ0v) is 12.9. The Morgan fingerprint density at radius 2 is 1.74 bits per heavy atom. The monoisotopic (exact) mass is 324 g/mol. The van der Waals surface area contributed by atoms with Crippen molar-refractivity contribution < 1.29 is 29.9 Å². The summed E-state index contributed by atoms with van der Waals surface area (Å²) in [6.07, 6.45) is -3.20. The number of aliphatic hydroxyl groups excluding tert-OH is 4. The van der Waals surface area contributed by atoms with Crippen molar-refractivity contribution in [3.05, 3.63) is 42.0 Å². The Bertz CT molecular complexity index is 488. The lowest BCUT2D eigenvalue weighted by Crippen LogP contribution is -2.58. The fraction of sp³-hybridized carbons (Fsp3) is 0.529. The lowest BCUT2D eigenvalue weighted by atomic mass is 9.99. The normalized spacial score (nSPS) is 31.0. The molecule has 0 amide bonds. The van der Waals surface area contributed by atoms with Gasteiger partial charge in [-0.05, 0) is 24.0 Å². The summed E-state index contributed by atoms with van der Waals surface area (Å²) in [7, 11) is 0. The lowest BCUT2D eigenvalue weighted by Gasteiger charge is -2.38. The first kappa shape index (κ1) is 18.1. The zero-order chi connectivity index (χ0) is 16.8. The maximum Gasteiger partial charge on any atom is 0.184 e. The minimum absolute atomic E-state index is 0.0391. The van der Waals surface area contributed by atoms with Crippen LogP contribution in [-0.4, -0.2) is 64.3 Å². The van der Waals surface area contributed by atoms with Gasteiger partial charge in [-0.15, -0.1) is 0 Å². The molecule has 0 unspecified atom stereocenters. The topological polar surface area (TPSA) is 99.4 Å². The Labute approximate surface area is 135 Å². The Kier molecular flexibility index (Phi) is 6.71. The fourth-order valence-corrected chi connectivity index (χ4v) is 2.47. The quantitative estimate of drug-likeness (QED) is 0.530. The van der Waals surface area contributed by atoms with Crippen LogP contribution in [0.25, 0.3) is 6.08 Å². The summed E-state index contributed by atoms with van der Waals surface area (Å²) < 4.78 is 10.5. The molecule has 1 fully saturated rings. The smallest absolute Gasteiger partial charge is 0.184 e. The van der Waals surface area contributed by atoms with E-state index in [1.807, 2.05) is 24.3 Å². The van der Waals surface area contributed by atoms with Crippen LogP contribution in [0.2, 0.25) is 0 Å². The van der Waals surface area contributed by atoms with Crippen molar-refractivity contribution in [2.75, 3.05) is 13.2 Å². The second-order valence-corrected chi connectivity index (χ2v) is 5.66. The van der Waals surface area contributed by atoms with Crippen LogP contribution in [0.5, 0.6) is 0 Å². The fourth-order valence-electron chi connectivity index (χ4n) is 2.47. The summed E-state index contributed by atoms with van der Waals surface area (Å²) >= 11 is 0. The van der Waals surface area contributed by atoms with E-state index >= 15 is 0 Å². The van der Waals surface area contributed by atoms with Gasteiger partial charge in [-0.2, -0.15) is 0 Å². The summed E-state index contributed by atoms with van der Waals surface area (Å²) in [5.41, 5.74) is 2.27. The molecule has 128 valence electrons. The summed E-state index contributed by atoms with van der Waals surface area (Å²) in [6.45, 7) is 4.21. The maximum atomic E-state index is 9.78. The van der Waals surface area contributed by atoms with Crippen LogP contribution < -0.4 is 0 Å². The highest BCUT2D eigenvalue weighted by atomic mass is 16.6. The zero-order valence-electron chi connectivity index (χ0n) is 12.9. The summed E-state index contributed by atoms with van der Waals surface area (Å²) in [6, 6.07) is 8.09. The van der Waals surface area contributed by atoms with E-state index in [9.17, 15) is 20.4 Å². The maximum absolute atomic E-state index is 9.78. The molecule has 1 aliphatic rings. The first-order valence-electron chi connectivity index (χ1n) is 7.69. The van der Waals surface area contributed by atoms with E-state index < -0.39 is 30.7 Å². The van der Waals surface area contributed by atoms with Crippen molar-refractivity contribution >= 4 is 6.08 Å². The highest BCUT2D eigenvalue weighted by Gasteiger charge is 2.42. The van der Waals surface area contributed by atoms with Crippen molar-refractivity contribution in [2.45, 2.75) is 43.5 Å². The van der Waals surface area contributed by atoms with Crippen molar-refractivity contribution in [1.82, 2.24) is 0 Å². The third-order valence-corrected chi connectivity index (χ3v) is 3.94.